The average Bonchev–Trinajstić information content (AvgIpc) is 3.30. The second-order valence-corrected chi connectivity index (χ2v) is 8.46. The lowest BCUT2D eigenvalue weighted by Crippen LogP contribution is -2.07. The summed E-state index contributed by atoms with van der Waals surface area (Å²) in [4.78, 5) is 20.5. The van der Waals surface area contributed by atoms with Gasteiger partial charge in [-0.2, -0.15) is 0 Å². The van der Waals surface area contributed by atoms with Crippen molar-refractivity contribution in [3.05, 3.63) is 90.8 Å². The number of carbonyl (C=O) groups excluding carboxylic acids is 1. The lowest BCUT2D eigenvalue weighted by atomic mass is 9.99. The van der Waals surface area contributed by atoms with E-state index in [0.29, 0.717) is 12.3 Å². The molecule has 0 saturated heterocycles. The van der Waals surface area contributed by atoms with E-state index in [9.17, 15) is 4.79 Å². The van der Waals surface area contributed by atoms with Crippen LogP contribution in [0.5, 0.6) is 0 Å². The topological polar surface area (TPSA) is 92.1 Å². The zero-order valence-electron chi connectivity index (χ0n) is 20.2. The third-order valence-corrected chi connectivity index (χ3v) is 5.97. The number of benzene rings is 3. The van der Waals surface area contributed by atoms with Crippen LogP contribution in [0.4, 0.5) is 17.2 Å². The number of aromatic nitrogens is 2. The van der Waals surface area contributed by atoms with E-state index in [1.807, 2.05) is 61.6 Å². The second kappa shape index (κ2) is 10.3. The van der Waals surface area contributed by atoms with Gasteiger partial charge < -0.3 is 20.4 Å². The molecule has 5 rings (SSSR count). The molecule has 0 radical (unpaired) electrons. The van der Waals surface area contributed by atoms with E-state index in [1.165, 1.54) is 18.8 Å². The van der Waals surface area contributed by atoms with Crippen LogP contribution in [0.2, 0.25) is 0 Å². The summed E-state index contributed by atoms with van der Waals surface area (Å²) in [5.74, 6) is 1.34. The molecule has 1 amide bonds. The summed E-state index contributed by atoms with van der Waals surface area (Å²) >= 11 is 0. The molecule has 0 aliphatic carbocycles. The Morgan fingerprint density at radius 1 is 0.861 bits per heavy atom. The minimum Gasteiger partial charge on any atom is -0.437 e. The largest absolute Gasteiger partial charge is 0.437 e. The molecule has 3 N–H and O–H groups in total. The zero-order valence-corrected chi connectivity index (χ0v) is 20.2. The van der Waals surface area contributed by atoms with Gasteiger partial charge in [0.25, 0.3) is 0 Å². The van der Waals surface area contributed by atoms with Crippen molar-refractivity contribution in [2.24, 2.45) is 0 Å². The zero-order chi connectivity index (χ0) is 24.9. The van der Waals surface area contributed by atoms with Crippen molar-refractivity contribution in [2.75, 3.05) is 29.5 Å². The Hall–Kier alpha value is -4.65. The molecular formula is C29H27N5O2. The summed E-state index contributed by atoms with van der Waals surface area (Å²) in [7, 11) is 1.91. The van der Waals surface area contributed by atoms with E-state index in [4.69, 9.17) is 4.42 Å². The van der Waals surface area contributed by atoms with Gasteiger partial charge in [0.05, 0.1) is 5.39 Å². The number of nitrogens with zero attached hydrogens (tertiary/aromatic N) is 2. The fourth-order valence-corrected chi connectivity index (χ4v) is 4.22. The number of fused-ring (bicyclic) bond motifs is 1. The lowest BCUT2D eigenvalue weighted by Gasteiger charge is -2.10. The highest BCUT2D eigenvalue weighted by atomic mass is 16.3. The molecule has 0 spiro atoms. The molecule has 180 valence electrons. The van der Waals surface area contributed by atoms with Gasteiger partial charge in [-0.25, -0.2) is 9.97 Å². The standard InChI is InChI=1S/C29H27N5O2/c1-19(35)34-24-14-10-21(11-15-24)25-26-28(31-17-16-20-8-12-23(30-2)13-9-20)32-18-33-29(26)36-27(25)22-6-4-3-5-7-22/h3-15,18,30H,16-17H2,1-2H3,(H,34,35)(H,31,32,33). The van der Waals surface area contributed by atoms with Gasteiger partial charge in [0.1, 0.15) is 17.9 Å². The summed E-state index contributed by atoms with van der Waals surface area (Å²) in [6.07, 6.45) is 2.37. The van der Waals surface area contributed by atoms with Crippen molar-refractivity contribution >= 4 is 34.2 Å². The Morgan fingerprint density at radius 3 is 2.28 bits per heavy atom. The van der Waals surface area contributed by atoms with Gasteiger partial charge in [-0.15, -0.1) is 0 Å². The first-order valence-electron chi connectivity index (χ1n) is 11.8. The monoisotopic (exact) mass is 477 g/mol. The minimum absolute atomic E-state index is 0.109. The van der Waals surface area contributed by atoms with Crippen molar-refractivity contribution < 1.29 is 9.21 Å². The number of carbonyl (C=O) groups is 1. The average molecular weight is 478 g/mol. The van der Waals surface area contributed by atoms with Crippen LogP contribution in [0.3, 0.4) is 0 Å². The molecule has 5 aromatic rings. The Kier molecular flexibility index (Phi) is 6.62. The second-order valence-electron chi connectivity index (χ2n) is 8.46. The lowest BCUT2D eigenvalue weighted by molar-refractivity contribution is -0.114. The molecule has 0 saturated carbocycles. The molecule has 0 fully saturated rings. The first kappa shape index (κ1) is 23.1. The number of anilines is 3. The van der Waals surface area contributed by atoms with Crippen molar-refractivity contribution in [3.8, 4) is 22.5 Å². The third-order valence-electron chi connectivity index (χ3n) is 5.97. The normalized spacial score (nSPS) is 10.8. The maximum absolute atomic E-state index is 11.5. The van der Waals surface area contributed by atoms with Crippen LogP contribution in [-0.4, -0.2) is 29.5 Å². The molecule has 0 aliphatic rings. The SMILES string of the molecule is CNc1ccc(CCNc2ncnc3oc(-c4ccccc4)c(-c4ccc(NC(C)=O)cc4)c23)cc1. The first-order chi connectivity index (χ1) is 17.6. The van der Waals surface area contributed by atoms with Gasteiger partial charge in [0.15, 0.2) is 0 Å². The fraction of sp³-hybridized carbons (Fsp3) is 0.138. The van der Waals surface area contributed by atoms with Gasteiger partial charge in [0, 0.05) is 43.0 Å². The quantitative estimate of drug-likeness (QED) is 0.246. The molecule has 36 heavy (non-hydrogen) atoms. The predicted molar refractivity (Wildman–Crippen MR) is 145 cm³/mol. The molecule has 2 aromatic heterocycles. The van der Waals surface area contributed by atoms with E-state index in [2.05, 4.69) is 50.2 Å². The van der Waals surface area contributed by atoms with Crippen molar-refractivity contribution in [3.63, 3.8) is 0 Å². The van der Waals surface area contributed by atoms with Crippen LogP contribution >= 0.6 is 0 Å². The maximum Gasteiger partial charge on any atom is 0.232 e. The molecule has 3 aromatic carbocycles. The number of furan rings is 1. The molecule has 2 heterocycles. The van der Waals surface area contributed by atoms with E-state index in [1.54, 1.807) is 0 Å². The number of hydrogen-bond acceptors (Lipinski definition) is 6. The molecule has 0 unspecified atom stereocenters. The highest BCUT2D eigenvalue weighted by molar-refractivity contribution is 6.06. The molecule has 0 aliphatic heterocycles. The Balaban J connectivity index is 1.53. The summed E-state index contributed by atoms with van der Waals surface area (Å²) < 4.78 is 6.30. The van der Waals surface area contributed by atoms with Crippen LogP contribution < -0.4 is 16.0 Å². The highest BCUT2D eigenvalue weighted by Crippen LogP contribution is 2.42. The van der Waals surface area contributed by atoms with Gasteiger partial charge in [0.2, 0.25) is 11.6 Å². The molecule has 7 heteroatoms. The van der Waals surface area contributed by atoms with Crippen LogP contribution in [-0.2, 0) is 11.2 Å². The summed E-state index contributed by atoms with van der Waals surface area (Å²) in [5, 5.41) is 10.3. The van der Waals surface area contributed by atoms with Gasteiger partial charge in [-0.05, 0) is 41.8 Å². The fourth-order valence-electron chi connectivity index (χ4n) is 4.22. The van der Waals surface area contributed by atoms with Crippen LogP contribution in [0, 0.1) is 0 Å². The van der Waals surface area contributed by atoms with Crippen molar-refractivity contribution in [1.29, 1.82) is 0 Å². The van der Waals surface area contributed by atoms with E-state index in [0.717, 1.165) is 51.5 Å². The Labute approximate surface area is 209 Å². The molecule has 7 nitrogen and oxygen atoms in total. The van der Waals surface area contributed by atoms with Crippen LogP contribution in [0.1, 0.15) is 12.5 Å². The van der Waals surface area contributed by atoms with E-state index in [-0.39, 0.29) is 5.91 Å². The summed E-state index contributed by atoms with van der Waals surface area (Å²) in [6, 6.07) is 26.1. The molecular weight excluding hydrogens is 450 g/mol. The number of amides is 1. The molecule has 0 atom stereocenters. The number of rotatable bonds is 8. The van der Waals surface area contributed by atoms with E-state index < -0.39 is 0 Å². The van der Waals surface area contributed by atoms with Crippen molar-refractivity contribution in [1.82, 2.24) is 9.97 Å². The number of hydrogen-bond donors (Lipinski definition) is 3. The predicted octanol–water partition coefficient (Wildman–Crippen LogP) is 6.21. The number of nitrogens with one attached hydrogen (secondary N) is 3. The van der Waals surface area contributed by atoms with Crippen LogP contribution in [0.15, 0.2) is 89.6 Å². The first-order valence-corrected chi connectivity index (χ1v) is 11.8. The van der Waals surface area contributed by atoms with Gasteiger partial charge >= 0.3 is 0 Å². The maximum atomic E-state index is 11.5. The summed E-state index contributed by atoms with van der Waals surface area (Å²) in [6.45, 7) is 2.20. The van der Waals surface area contributed by atoms with Gasteiger partial charge in [-0.3, -0.25) is 4.79 Å². The minimum atomic E-state index is -0.109. The smallest absolute Gasteiger partial charge is 0.232 e. The molecule has 0 bridgehead atoms. The van der Waals surface area contributed by atoms with E-state index >= 15 is 0 Å². The Morgan fingerprint density at radius 2 is 1.58 bits per heavy atom. The third kappa shape index (κ3) is 4.90. The van der Waals surface area contributed by atoms with Crippen LogP contribution in [0.25, 0.3) is 33.6 Å². The summed E-state index contributed by atoms with van der Waals surface area (Å²) in [5.41, 5.74) is 6.38. The Bertz CT molecular complexity index is 1480. The highest BCUT2D eigenvalue weighted by Gasteiger charge is 2.22. The van der Waals surface area contributed by atoms with Crippen molar-refractivity contribution in [2.45, 2.75) is 13.3 Å². The van der Waals surface area contributed by atoms with Gasteiger partial charge in [-0.1, -0.05) is 54.6 Å².